The third kappa shape index (κ3) is 5.06. The fourth-order valence-electron chi connectivity index (χ4n) is 7.06. The zero-order valence-electron chi connectivity index (χ0n) is 26.7. The Bertz CT molecular complexity index is 1360. The summed E-state index contributed by atoms with van der Waals surface area (Å²) in [7, 11) is 0. The standard InChI is InChI=1S/C36H50N4/c1-11-23-21(9)37-31(25(23)13-3)19-33-27(15-5)29(17-7)35(39-33)36-30(18-8)28(16-6)34(40-36)20-32-26(14-4)24(12-2)22(10)38-32/h19-20,37-38H,11-18H2,1-10H3/b33-19-,34-20+. The lowest BCUT2D eigenvalue weighted by Gasteiger charge is -2.10. The highest BCUT2D eigenvalue weighted by Crippen LogP contribution is 2.39. The van der Waals surface area contributed by atoms with Crippen molar-refractivity contribution in [2.75, 3.05) is 0 Å². The van der Waals surface area contributed by atoms with Gasteiger partial charge in [0, 0.05) is 22.8 Å². The van der Waals surface area contributed by atoms with E-state index < -0.39 is 0 Å². The third-order valence-electron chi connectivity index (χ3n) is 8.93. The van der Waals surface area contributed by atoms with Crippen LogP contribution in [-0.4, -0.2) is 21.4 Å². The van der Waals surface area contributed by atoms with Crippen LogP contribution in [0.25, 0.3) is 12.2 Å². The van der Waals surface area contributed by atoms with E-state index in [2.05, 4.69) is 91.4 Å². The summed E-state index contributed by atoms with van der Waals surface area (Å²) in [5.41, 5.74) is 20.5. The summed E-state index contributed by atoms with van der Waals surface area (Å²) in [5.74, 6) is 0. The SMILES string of the molecule is CCC1=C(CC)/C(=C/c2[nH]c(C)c(CC)c2CC)N=C1C1=N/C(=C/c2[nH]c(C)c(CC)c2CC)C(CC)=C1CC. The summed E-state index contributed by atoms with van der Waals surface area (Å²) < 4.78 is 0. The number of aryl methyl sites for hydroxylation is 2. The molecule has 4 heteroatoms. The summed E-state index contributed by atoms with van der Waals surface area (Å²) in [6.45, 7) is 22.4. The van der Waals surface area contributed by atoms with Crippen molar-refractivity contribution in [2.45, 2.75) is 121 Å². The second-order valence-corrected chi connectivity index (χ2v) is 11.0. The van der Waals surface area contributed by atoms with Gasteiger partial charge in [0.15, 0.2) is 0 Å². The molecule has 2 aromatic heterocycles. The second kappa shape index (κ2) is 12.6. The molecule has 0 aromatic carbocycles. The first-order valence-corrected chi connectivity index (χ1v) is 15.8. The highest BCUT2D eigenvalue weighted by Gasteiger charge is 2.32. The lowest BCUT2D eigenvalue weighted by molar-refractivity contribution is 1.04. The number of aromatic amines is 2. The Hall–Kier alpha value is -3.14. The molecule has 0 saturated heterocycles. The van der Waals surface area contributed by atoms with Crippen molar-refractivity contribution in [2.24, 2.45) is 9.98 Å². The Morgan fingerprint density at radius 2 is 0.775 bits per heavy atom. The Balaban J connectivity index is 1.89. The lowest BCUT2D eigenvalue weighted by Crippen LogP contribution is -2.16. The number of nitrogens with one attached hydrogen (secondary N) is 2. The minimum atomic E-state index is 0.954. The Morgan fingerprint density at radius 1 is 0.450 bits per heavy atom. The van der Waals surface area contributed by atoms with E-state index >= 15 is 0 Å². The smallest absolute Gasteiger partial charge is 0.0932 e. The zero-order chi connectivity index (χ0) is 29.1. The average molecular weight is 539 g/mol. The highest BCUT2D eigenvalue weighted by molar-refractivity contribution is 6.55. The van der Waals surface area contributed by atoms with E-state index in [4.69, 9.17) is 9.98 Å². The molecule has 2 aliphatic heterocycles. The molecular weight excluding hydrogens is 488 g/mol. The summed E-state index contributed by atoms with van der Waals surface area (Å²) in [6, 6.07) is 0. The van der Waals surface area contributed by atoms with Crippen LogP contribution in [0.3, 0.4) is 0 Å². The monoisotopic (exact) mass is 538 g/mol. The lowest BCUT2D eigenvalue weighted by atomic mass is 9.91. The molecule has 0 fully saturated rings. The van der Waals surface area contributed by atoms with Gasteiger partial charge in [0.2, 0.25) is 0 Å². The number of rotatable bonds is 11. The number of aliphatic imine (C=N–C) groups is 2. The number of H-pyrrole nitrogens is 2. The fraction of sp³-hybridized carbons (Fsp3) is 0.500. The molecule has 4 rings (SSSR count). The van der Waals surface area contributed by atoms with Crippen LogP contribution < -0.4 is 0 Å². The van der Waals surface area contributed by atoms with Gasteiger partial charge in [-0.15, -0.1) is 0 Å². The summed E-state index contributed by atoms with van der Waals surface area (Å²) >= 11 is 0. The van der Waals surface area contributed by atoms with Crippen LogP contribution in [0, 0.1) is 13.8 Å². The van der Waals surface area contributed by atoms with Crippen molar-refractivity contribution in [1.29, 1.82) is 0 Å². The molecular formula is C36H50N4. The number of aromatic nitrogens is 2. The summed E-state index contributed by atoms with van der Waals surface area (Å²) in [6.07, 6.45) is 12.6. The largest absolute Gasteiger partial charge is 0.359 e. The van der Waals surface area contributed by atoms with Crippen molar-refractivity contribution in [3.05, 3.63) is 78.7 Å². The first kappa shape index (κ1) is 29.8. The Kier molecular flexibility index (Phi) is 9.38. The summed E-state index contributed by atoms with van der Waals surface area (Å²) in [5, 5.41) is 0. The minimum absolute atomic E-state index is 0.954. The van der Waals surface area contributed by atoms with Gasteiger partial charge in [0.25, 0.3) is 0 Å². The van der Waals surface area contributed by atoms with Crippen molar-refractivity contribution in [1.82, 2.24) is 9.97 Å². The molecule has 4 nitrogen and oxygen atoms in total. The summed E-state index contributed by atoms with van der Waals surface area (Å²) in [4.78, 5) is 18.1. The van der Waals surface area contributed by atoms with E-state index in [9.17, 15) is 0 Å². The molecule has 0 bridgehead atoms. The molecule has 0 amide bonds. The van der Waals surface area contributed by atoms with Crippen LogP contribution >= 0.6 is 0 Å². The first-order valence-electron chi connectivity index (χ1n) is 15.8. The van der Waals surface area contributed by atoms with Gasteiger partial charge >= 0.3 is 0 Å². The first-order chi connectivity index (χ1) is 19.3. The van der Waals surface area contributed by atoms with Gasteiger partial charge in [-0.2, -0.15) is 0 Å². The Labute approximate surface area is 242 Å². The maximum absolute atomic E-state index is 5.37. The van der Waals surface area contributed by atoms with E-state index in [0.29, 0.717) is 0 Å². The fourth-order valence-corrected chi connectivity index (χ4v) is 7.06. The van der Waals surface area contributed by atoms with E-state index in [1.54, 1.807) is 0 Å². The van der Waals surface area contributed by atoms with E-state index in [1.807, 2.05) is 0 Å². The zero-order valence-corrected chi connectivity index (χ0v) is 26.7. The van der Waals surface area contributed by atoms with Gasteiger partial charge in [0.05, 0.1) is 22.8 Å². The molecule has 4 heterocycles. The van der Waals surface area contributed by atoms with E-state index in [-0.39, 0.29) is 0 Å². The molecule has 0 unspecified atom stereocenters. The molecule has 0 spiro atoms. The number of hydrogen-bond donors (Lipinski definition) is 2. The van der Waals surface area contributed by atoms with Crippen LogP contribution in [-0.2, 0) is 25.7 Å². The normalized spacial score (nSPS) is 17.8. The predicted octanol–water partition coefficient (Wildman–Crippen LogP) is 9.73. The van der Waals surface area contributed by atoms with Crippen LogP contribution in [0.15, 0.2) is 43.7 Å². The van der Waals surface area contributed by atoms with Crippen LogP contribution in [0.1, 0.15) is 126 Å². The van der Waals surface area contributed by atoms with Gasteiger partial charge in [-0.3, -0.25) is 0 Å². The van der Waals surface area contributed by atoms with Gasteiger partial charge in [-0.05, 0) is 122 Å². The molecule has 0 aliphatic carbocycles. The van der Waals surface area contributed by atoms with Crippen molar-refractivity contribution >= 4 is 23.6 Å². The molecule has 40 heavy (non-hydrogen) atoms. The molecule has 0 radical (unpaired) electrons. The maximum Gasteiger partial charge on any atom is 0.0932 e. The maximum atomic E-state index is 5.37. The number of hydrogen-bond acceptors (Lipinski definition) is 2. The molecule has 2 aromatic rings. The van der Waals surface area contributed by atoms with Crippen LogP contribution in [0.2, 0.25) is 0 Å². The topological polar surface area (TPSA) is 56.3 Å². The Morgan fingerprint density at radius 3 is 1.05 bits per heavy atom. The van der Waals surface area contributed by atoms with E-state index in [1.165, 1.54) is 67.3 Å². The highest BCUT2D eigenvalue weighted by atomic mass is 14.9. The van der Waals surface area contributed by atoms with E-state index in [0.717, 1.165) is 74.2 Å². The quantitative estimate of drug-likeness (QED) is 0.286. The average Bonchev–Trinajstić information content (AvgIpc) is 3.66. The van der Waals surface area contributed by atoms with Gasteiger partial charge in [-0.25, -0.2) is 9.98 Å². The van der Waals surface area contributed by atoms with Crippen molar-refractivity contribution in [3.63, 3.8) is 0 Å². The molecule has 0 atom stereocenters. The minimum Gasteiger partial charge on any atom is -0.359 e. The molecule has 2 aliphatic rings. The number of nitrogens with zero attached hydrogens (tertiary/aromatic N) is 2. The van der Waals surface area contributed by atoms with Gasteiger partial charge < -0.3 is 9.97 Å². The van der Waals surface area contributed by atoms with Crippen molar-refractivity contribution < 1.29 is 0 Å². The number of allylic oxidation sites excluding steroid dienone is 4. The van der Waals surface area contributed by atoms with Gasteiger partial charge in [-0.1, -0.05) is 55.4 Å². The third-order valence-corrected chi connectivity index (χ3v) is 8.93. The second-order valence-electron chi connectivity index (χ2n) is 11.0. The van der Waals surface area contributed by atoms with Crippen LogP contribution in [0.4, 0.5) is 0 Å². The van der Waals surface area contributed by atoms with Gasteiger partial charge in [0.1, 0.15) is 0 Å². The molecule has 2 N–H and O–H groups in total. The van der Waals surface area contributed by atoms with Crippen LogP contribution in [0.5, 0.6) is 0 Å². The predicted molar refractivity (Wildman–Crippen MR) is 175 cm³/mol. The molecule has 0 saturated carbocycles. The van der Waals surface area contributed by atoms with Crippen molar-refractivity contribution in [3.8, 4) is 0 Å². The molecule has 214 valence electrons.